The van der Waals surface area contributed by atoms with Crippen LogP contribution in [0.4, 0.5) is 0 Å². The van der Waals surface area contributed by atoms with Crippen molar-refractivity contribution in [1.29, 1.82) is 0 Å². The lowest BCUT2D eigenvalue weighted by molar-refractivity contribution is 0.573. The van der Waals surface area contributed by atoms with E-state index in [1.807, 2.05) is 18.2 Å². The van der Waals surface area contributed by atoms with Crippen LogP contribution in [0.3, 0.4) is 0 Å². The molecule has 0 aliphatic heterocycles. The Morgan fingerprint density at radius 2 is 1.84 bits per heavy atom. The van der Waals surface area contributed by atoms with Gasteiger partial charge in [-0.1, -0.05) is 53.6 Å². The molecule has 1 unspecified atom stereocenters. The van der Waals surface area contributed by atoms with Crippen LogP contribution in [0.15, 0.2) is 42.5 Å². The number of benzene rings is 2. The summed E-state index contributed by atoms with van der Waals surface area (Å²) in [4.78, 5) is 0. The Kier molecular flexibility index (Phi) is 4.62. The van der Waals surface area contributed by atoms with Crippen LogP contribution < -0.4 is 5.32 Å². The van der Waals surface area contributed by atoms with Gasteiger partial charge in [0.2, 0.25) is 0 Å². The smallest absolute Gasteiger partial charge is 0.0453 e. The summed E-state index contributed by atoms with van der Waals surface area (Å²) in [7, 11) is 0. The molecule has 0 aliphatic carbocycles. The summed E-state index contributed by atoms with van der Waals surface area (Å²) in [6.45, 7) is 7.28. The molecular formula is C17H20ClN. The van der Waals surface area contributed by atoms with Crippen molar-refractivity contribution >= 4 is 11.6 Å². The van der Waals surface area contributed by atoms with E-state index < -0.39 is 0 Å². The summed E-state index contributed by atoms with van der Waals surface area (Å²) in [5.74, 6) is 0. The summed E-state index contributed by atoms with van der Waals surface area (Å²) in [5.41, 5.74) is 5.12. The highest BCUT2D eigenvalue weighted by atomic mass is 35.5. The highest BCUT2D eigenvalue weighted by molar-refractivity contribution is 6.31. The second kappa shape index (κ2) is 6.23. The van der Waals surface area contributed by atoms with Crippen LogP contribution in [-0.4, -0.2) is 0 Å². The Hall–Kier alpha value is -1.31. The zero-order chi connectivity index (χ0) is 13.8. The zero-order valence-corrected chi connectivity index (χ0v) is 12.5. The SMILES string of the molecule is Cc1ccc(C)c(CNC(C)c2ccccc2Cl)c1. The van der Waals surface area contributed by atoms with Gasteiger partial charge in [0.25, 0.3) is 0 Å². The maximum absolute atomic E-state index is 6.22. The first kappa shape index (κ1) is 14.1. The third-order valence-electron chi connectivity index (χ3n) is 3.48. The predicted octanol–water partition coefficient (Wildman–Crippen LogP) is 4.81. The lowest BCUT2D eigenvalue weighted by Crippen LogP contribution is -2.19. The fraction of sp³-hybridized carbons (Fsp3) is 0.294. The number of nitrogens with one attached hydrogen (secondary N) is 1. The first-order valence-corrected chi connectivity index (χ1v) is 6.99. The van der Waals surface area contributed by atoms with E-state index in [4.69, 9.17) is 11.6 Å². The molecule has 0 heterocycles. The van der Waals surface area contributed by atoms with Gasteiger partial charge in [-0.3, -0.25) is 0 Å². The van der Waals surface area contributed by atoms with E-state index in [0.717, 1.165) is 17.1 Å². The Balaban J connectivity index is 2.06. The van der Waals surface area contributed by atoms with Gasteiger partial charge in [0.1, 0.15) is 0 Å². The monoisotopic (exact) mass is 273 g/mol. The number of hydrogen-bond acceptors (Lipinski definition) is 1. The van der Waals surface area contributed by atoms with E-state index in [9.17, 15) is 0 Å². The van der Waals surface area contributed by atoms with Crippen LogP contribution in [0.25, 0.3) is 0 Å². The average molecular weight is 274 g/mol. The minimum absolute atomic E-state index is 0.244. The van der Waals surface area contributed by atoms with Gasteiger partial charge in [0.15, 0.2) is 0 Å². The lowest BCUT2D eigenvalue weighted by Gasteiger charge is -2.17. The third kappa shape index (κ3) is 3.59. The Bertz CT molecular complexity index is 563. The lowest BCUT2D eigenvalue weighted by atomic mass is 10.0. The van der Waals surface area contributed by atoms with Crippen LogP contribution in [0.1, 0.15) is 35.2 Å². The van der Waals surface area contributed by atoms with Crippen molar-refractivity contribution in [1.82, 2.24) is 5.32 Å². The molecule has 0 radical (unpaired) electrons. The topological polar surface area (TPSA) is 12.0 Å². The van der Waals surface area contributed by atoms with Gasteiger partial charge >= 0.3 is 0 Å². The summed E-state index contributed by atoms with van der Waals surface area (Å²) < 4.78 is 0. The molecule has 2 heteroatoms. The predicted molar refractivity (Wildman–Crippen MR) is 82.6 cm³/mol. The average Bonchev–Trinajstić information content (AvgIpc) is 2.40. The molecule has 1 N–H and O–H groups in total. The molecule has 2 aromatic rings. The van der Waals surface area contributed by atoms with Gasteiger partial charge in [-0.2, -0.15) is 0 Å². The molecule has 2 rings (SSSR count). The fourth-order valence-corrected chi connectivity index (χ4v) is 2.49. The van der Waals surface area contributed by atoms with Crippen molar-refractivity contribution in [2.24, 2.45) is 0 Å². The summed E-state index contributed by atoms with van der Waals surface area (Å²) in [5, 5.41) is 4.36. The van der Waals surface area contributed by atoms with Crippen LogP contribution >= 0.6 is 11.6 Å². The standard InChI is InChI=1S/C17H20ClN/c1-12-8-9-13(2)15(10-12)11-19-14(3)16-6-4-5-7-17(16)18/h4-10,14,19H,11H2,1-3H3. The maximum Gasteiger partial charge on any atom is 0.0453 e. The fourth-order valence-electron chi connectivity index (χ4n) is 2.19. The summed E-state index contributed by atoms with van der Waals surface area (Å²) >= 11 is 6.22. The largest absolute Gasteiger partial charge is 0.306 e. The molecule has 19 heavy (non-hydrogen) atoms. The van der Waals surface area contributed by atoms with Gasteiger partial charge in [-0.15, -0.1) is 0 Å². The molecule has 1 atom stereocenters. The first-order valence-electron chi connectivity index (χ1n) is 6.62. The van der Waals surface area contributed by atoms with Crippen LogP contribution in [0.5, 0.6) is 0 Å². The Labute approximate surface area is 120 Å². The maximum atomic E-state index is 6.22. The highest BCUT2D eigenvalue weighted by Gasteiger charge is 2.09. The number of halogens is 1. The molecule has 0 saturated heterocycles. The van der Waals surface area contributed by atoms with Gasteiger partial charge < -0.3 is 5.32 Å². The molecule has 0 aliphatic rings. The zero-order valence-electron chi connectivity index (χ0n) is 11.7. The molecule has 0 bridgehead atoms. The van der Waals surface area contributed by atoms with Crippen LogP contribution in [0.2, 0.25) is 5.02 Å². The number of aryl methyl sites for hydroxylation is 2. The van der Waals surface area contributed by atoms with Crippen molar-refractivity contribution in [3.8, 4) is 0 Å². The molecule has 0 spiro atoms. The van der Waals surface area contributed by atoms with Gasteiger partial charge in [-0.05, 0) is 43.5 Å². The van der Waals surface area contributed by atoms with Crippen molar-refractivity contribution in [3.63, 3.8) is 0 Å². The first-order chi connectivity index (χ1) is 9.08. The van der Waals surface area contributed by atoms with Crippen molar-refractivity contribution in [2.45, 2.75) is 33.4 Å². The second-order valence-corrected chi connectivity index (χ2v) is 5.46. The molecular weight excluding hydrogens is 254 g/mol. The van der Waals surface area contributed by atoms with Crippen molar-refractivity contribution < 1.29 is 0 Å². The molecule has 1 nitrogen and oxygen atoms in total. The number of hydrogen-bond donors (Lipinski definition) is 1. The van der Waals surface area contributed by atoms with Crippen molar-refractivity contribution in [2.75, 3.05) is 0 Å². The quantitative estimate of drug-likeness (QED) is 0.843. The normalized spacial score (nSPS) is 12.4. The van der Waals surface area contributed by atoms with Crippen LogP contribution in [0, 0.1) is 13.8 Å². The minimum Gasteiger partial charge on any atom is -0.306 e. The molecule has 0 aromatic heterocycles. The number of rotatable bonds is 4. The van der Waals surface area contributed by atoms with Gasteiger partial charge in [0.05, 0.1) is 0 Å². The summed E-state index contributed by atoms with van der Waals surface area (Å²) in [6.07, 6.45) is 0. The Morgan fingerprint density at radius 1 is 1.11 bits per heavy atom. The third-order valence-corrected chi connectivity index (χ3v) is 3.82. The minimum atomic E-state index is 0.244. The summed E-state index contributed by atoms with van der Waals surface area (Å²) in [6, 6.07) is 14.8. The van der Waals surface area contributed by atoms with E-state index in [2.05, 4.69) is 50.4 Å². The van der Waals surface area contributed by atoms with Crippen molar-refractivity contribution in [3.05, 3.63) is 69.7 Å². The Morgan fingerprint density at radius 3 is 2.58 bits per heavy atom. The molecule has 2 aromatic carbocycles. The van der Waals surface area contributed by atoms with E-state index in [0.29, 0.717) is 0 Å². The van der Waals surface area contributed by atoms with E-state index in [-0.39, 0.29) is 6.04 Å². The van der Waals surface area contributed by atoms with Gasteiger partial charge in [0, 0.05) is 17.6 Å². The van der Waals surface area contributed by atoms with Crippen LogP contribution in [-0.2, 0) is 6.54 Å². The highest BCUT2D eigenvalue weighted by Crippen LogP contribution is 2.22. The molecule has 0 saturated carbocycles. The molecule has 100 valence electrons. The molecule has 0 amide bonds. The molecule has 0 fully saturated rings. The van der Waals surface area contributed by atoms with E-state index in [1.165, 1.54) is 16.7 Å². The van der Waals surface area contributed by atoms with E-state index in [1.54, 1.807) is 0 Å². The van der Waals surface area contributed by atoms with E-state index >= 15 is 0 Å². The second-order valence-electron chi connectivity index (χ2n) is 5.05. The van der Waals surface area contributed by atoms with Gasteiger partial charge in [-0.25, -0.2) is 0 Å².